The van der Waals surface area contributed by atoms with Crippen molar-refractivity contribution in [3.05, 3.63) is 77.4 Å². The van der Waals surface area contributed by atoms with E-state index in [-0.39, 0.29) is 11.1 Å². The standard InChI is InChI=1S/C17H11F3N2O2S.C7H7NS/c1-24-15-11(8-21)6-10(7-12(15)17(18,19)20)16(23)22-9-25-14-5-3-2-4-13(14)22;1-2-4-7-6(3-1)8-5-9-7/h2-7H,9H2,1H3;1-4,8H,5H2. The van der Waals surface area contributed by atoms with Gasteiger partial charge in [0.1, 0.15) is 11.8 Å². The molecule has 0 bridgehead atoms. The number of nitriles is 1. The van der Waals surface area contributed by atoms with Crippen molar-refractivity contribution < 1.29 is 22.7 Å². The number of carbonyl (C=O) groups is 1. The van der Waals surface area contributed by atoms with Crippen LogP contribution in [0.2, 0.25) is 0 Å². The average Bonchev–Trinajstić information content (AvgIpc) is 3.49. The highest BCUT2D eigenvalue weighted by Crippen LogP contribution is 2.41. The second-order valence-electron chi connectivity index (χ2n) is 7.15. The van der Waals surface area contributed by atoms with E-state index in [0.717, 1.165) is 30.0 Å². The molecule has 0 radical (unpaired) electrons. The Labute approximate surface area is 202 Å². The van der Waals surface area contributed by atoms with Crippen LogP contribution in [0.5, 0.6) is 5.75 Å². The number of fused-ring (bicyclic) bond motifs is 2. The quantitative estimate of drug-likeness (QED) is 0.435. The predicted molar refractivity (Wildman–Crippen MR) is 127 cm³/mol. The van der Waals surface area contributed by atoms with Gasteiger partial charge in [-0.2, -0.15) is 18.4 Å². The lowest BCUT2D eigenvalue weighted by Crippen LogP contribution is -2.28. The molecule has 34 heavy (non-hydrogen) atoms. The predicted octanol–water partition coefficient (Wildman–Crippen LogP) is 6.46. The number of nitrogens with one attached hydrogen (secondary N) is 1. The third-order valence-corrected chi connectivity index (χ3v) is 7.09. The molecule has 174 valence electrons. The number of para-hydroxylation sites is 2. The number of nitrogens with zero attached hydrogens (tertiary/aromatic N) is 2. The molecule has 0 spiro atoms. The molecule has 0 fully saturated rings. The van der Waals surface area contributed by atoms with Gasteiger partial charge in [-0.25, -0.2) is 0 Å². The molecule has 5 rings (SSSR count). The van der Waals surface area contributed by atoms with E-state index in [2.05, 4.69) is 29.6 Å². The zero-order valence-electron chi connectivity index (χ0n) is 17.8. The monoisotopic (exact) mass is 501 g/mol. The first-order chi connectivity index (χ1) is 16.3. The third kappa shape index (κ3) is 4.81. The van der Waals surface area contributed by atoms with Gasteiger partial charge in [-0.05, 0) is 36.4 Å². The minimum absolute atomic E-state index is 0.207. The first kappa shape index (κ1) is 23.9. The molecule has 1 amide bonds. The zero-order chi connectivity index (χ0) is 24.3. The molecule has 2 aliphatic rings. The van der Waals surface area contributed by atoms with Gasteiger partial charge >= 0.3 is 6.18 Å². The number of rotatable bonds is 2. The van der Waals surface area contributed by atoms with Gasteiger partial charge in [-0.3, -0.25) is 9.69 Å². The van der Waals surface area contributed by atoms with E-state index in [1.165, 1.54) is 27.2 Å². The van der Waals surface area contributed by atoms with Crippen LogP contribution in [0.4, 0.5) is 24.5 Å². The lowest BCUT2D eigenvalue weighted by atomic mass is 10.0. The maximum atomic E-state index is 13.3. The van der Waals surface area contributed by atoms with Crippen molar-refractivity contribution in [2.75, 3.05) is 29.1 Å². The molecule has 0 atom stereocenters. The number of carbonyl (C=O) groups excluding carboxylic acids is 1. The largest absolute Gasteiger partial charge is 0.495 e. The fraction of sp³-hybridized carbons (Fsp3) is 0.167. The van der Waals surface area contributed by atoms with Crippen LogP contribution in [0.1, 0.15) is 21.5 Å². The Balaban J connectivity index is 0.000000252. The van der Waals surface area contributed by atoms with Crippen LogP contribution in [0.15, 0.2) is 70.5 Å². The van der Waals surface area contributed by atoms with Crippen LogP contribution in [0.3, 0.4) is 0 Å². The molecule has 3 aromatic carbocycles. The van der Waals surface area contributed by atoms with Crippen molar-refractivity contribution in [2.45, 2.75) is 16.0 Å². The summed E-state index contributed by atoms with van der Waals surface area (Å²) in [6, 6.07) is 19.0. The van der Waals surface area contributed by atoms with Crippen LogP contribution in [0.25, 0.3) is 0 Å². The fourth-order valence-corrected chi connectivity index (χ4v) is 5.40. The lowest BCUT2D eigenvalue weighted by Gasteiger charge is -2.19. The number of amides is 1. The molecule has 0 saturated heterocycles. The van der Waals surface area contributed by atoms with Gasteiger partial charge in [-0.15, -0.1) is 23.5 Å². The first-order valence-corrected chi connectivity index (χ1v) is 12.0. The minimum Gasteiger partial charge on any atom is -0.495 e. The number of benzene rings is 3. The Hall–Kier alpha value is -3.29. The van der Waals surface area contributed by atoms with Crippen LogP contribution in [-0.2, 0) is 6.18 Å². The molecule has 0 aliphatic carbocycles. The maximum Gasteiger partial charge on any atom is 0.420 e. The Morgan fingerprint density at radius 3 is 2.47 bits per heavy atom. The first-order valence-electron chi connectivity index (χ1n) is 10.0. The Morgan fingerprint density at radius 2 is 1.79 bits per heavy atom. The van der Waals surface area contributed by atoms with E-state index in [0.29, 0.717) is 11.6 Å². The van der Waals surface area contributed by atoms with Crippen LogP contribution in [0, 0.1) is 11.3 Å². The molecule has 2 heterocycles. The van der Waals surface area contributed by atoms with Crippen molar-refractivity contribution >= 4 is 40.8 Å². The zero-order valence-corrected chi connectivity index (χ0v) is 19.5. The van der Waals surface area contributed by atoms with Crippen molar-refractivity contribution in [1.82, 2.24) is 0 Å². The van der Waals surface area contributed by atoms with E-state index in [1.807, 2.05) is 23.9 Å². The topological polar surface area (TPSA) is 65.4 Å². The molecule has 10 heteroatoms. The molecule has 2 aliphatic heterocycles. The lowest BCUT2D eigenvalue weighted by molar-refractivity contribution is -0.138. The number of ether oxygens (including phenoxy) is 1. The van der Waals surface area contributed by atoms with E-state index in [1.54, 1.807) is 18.2 Å². The number of halogens is 3. The SMILES string of the molecule is COc1c(C#N)cc(C(=O)N2CSc3ccccc32)cc1C(F)(F)F.c1ccc2c(c1)NCS2. The maximum absolute atomic E-state index is 13.3. The summed E-state index contributed by atoms with van der Waals surface area (Å²) in [7, 11) is 1.06. The van der Waals surface area contributed by atoms with Gasteiger partial charge in [0.2, 0.25) is 0 Å². The summed E-state index contributed by atoms with van der Waals surface area (Å²) in [5.74, 6) is 0.150. The Bertz CT molecular complexity index is 1250. The van der Waals surface area contributed by atoms with Crippen molar-refractivity contribution in [2.24, 2.45) is 0 Å². The summed E-state index contributed by atoms with van der Waals surface area (Å²) in [5.41, 5.74) is 0.239. The van der Waals surface area contributed by atoms with Crippen LogP contribution in [-0.4, -0.2) is 24.8 Å². The number of hydrogen-bond donors (Lipinski definition) is 1. The van der Waals surface area contributed by atoms with Gasteiger partial charge in [-0.1, -0.05) is 24.3 Å². The second-order valence-corrected chi connectivity index (χ2v) is 9.15. The smallest absolute Gasteiger partial charge is 0.420 e. The van der Waals surface area contributed by atoms with E-state index >= 15 is 0 Å². The molecule has 0 saturated carbocycles. The average molecular weight is 502 g/mol. The molecule has 5 nitrogen and oxygen atoms in total. The molecule has 0 unspecified atom stereocenters. The molecular formula is C24H18F3N3O2S2. The van der Waals surface area contributed by atoms with E-state index in [9.17, 15) is 18.0 Å². The van der Waals surface area contributed by atoms with Gasteiger partial charge in [0.05, 0.1) is 35.7 Å². The highest BCUT2D eigenvalue weighted by Gasteiger charge is 2.37. The van der Waals surface area contributed by atoms with E-state index < -0.39 is 23.4 Å². The van der Waals surface area contributed by atoms with Crippen molar-refractivity contribution in [3.63, 3.8) is 0 Å². The highest BCUT2D eigenvalue weighted by atomic mass is 32.2. The third-order valence-electron chi connectivity index (χ3n) is 5.09. The Kier molecular flexibility index (Phi) is 6.95. The number of anilines is 2. The second kappa shape index (κ2) is 9.91. The minimum atomic E-state index is -4.75. The van der Waals surface area contributed by atoms with Gasteiger partial charge in [0.25, 0.3) is 5.91 Å². The highest BCUT2D eigenvalue weighted by molar-refractivity contribution is 8.00. The van der Waals surface area contributed by atoms with Crippen LogP contribution < -0.4 is 15.0 Å². The number of thioether (sulfide) groups is 2. The summed E-state index contributed by atoms with van der Waals surface area (Å²) in [6.07, 6.45) is -4.75. The number of alkyl halides is 3. The number of hydrogen-bond acceptors (Lipinski definition) is 6. The fourth-order valence-electron chi connectivity index (χ4n) is 3.53. The summed E-state index contributed by atoms with van der Waals surface area (Å²) in [4.78, 5) is 16.4. The Morgan fingerprint density at radius 1 is 1.09 bits per heavy atom. The molecule has 0 aromatic heterocycles. The molecule has 1 N–H and O–H groups in total. The summed E-state index contributed by atoms with van der Waals surface area (Å²) >= 11 is 3.28. The molecule has 3 aromatic rings. The van der Waals surface area contributed by atoms with Gasteiger partial charge in [0, 0.05) is 21.0 Å². The number of methoxy groups -OCH3 is 1. The normalized spacial score (nSPS) is 13.7. The molecular weight excluding hydrogens is 483 g/mol. The summed E-state index contributed by atoms with van der Waals surface area (Å²) in [6.45, 7) is 0. The summed E-state index contributed by atoms with van der Waals surface area (Å²) < 4.78 is 44.6. The van der Waals surface area contributed by atoms with Crippen LogP contribution >= 0.6 is 23.5 Å². The van der Waals surface area contributed by atoms with Gasteiger partial charge < -0.3 is 10.1 Å². The van der Waals surface area contributed by atoms with Crippen molar-refractivity contribution in [1.29, 1.82) is 5.26 Å². The summed E-state index contributed by atoms with van der Waals surface area (Å²) in [5, 5.41) is 12.4. The van der Waals surface area contributed by atoms with Crippen molar-refractivity contribution in [3.8, 4) is 11.8 Å². The van der Waals surface area contributed by atoms with E-state index in [4.69, 9.17) is 10.00 Å². The van der Waals surface area contributed by atoms with Gasteiger partial charge in [0.15, 0.2) is 0 Å².